The van der Waals surface area contributed by atoms with Gasteiger partial charge in [-0.15, -0.1) is 0 Å². The molecule has 1 aliphatic rings. The first-order valence-corrected chi connectivity index (χ1v) is 5.02. The van der Waals surface area contributed by atoms with Crippen LogP contribution in [0.15, 0.2) is 0 Å². The lowest BCUT2D eigenvalue weighted by Gasteiger charge is -2.38. The van der Waals surface area contributed by atoms with Crippen LogP contribution in [-0.4, -0.2) is 30.8 Å². The third kappa shape index (κ3) is 1.99. The van der Waals surface area contributed by atoms with E-state index in [4.69, 9.17) is 0 Å². The maximum atomic E-state index is 9.86. The number of aliphatic hydroxyl groups is 1. The Labute approximate surface area is 75.6 Å². The fraction of sp³-hybridized carbons (Fsp3) is 1.00. The molecule has 0 aliphatic carbocycles. The lowest BCUT2D eigenvalue weighted by atomic mass is 9.86. The van der Waals surface area contributed by atoms with Crippen molar-refractivity contribution in [2.45, 2.75) is 39.3 Å². The summed E-state index contributed by atoms with van der Waals surface area (Å²) in [5, 5.41) is 9.86. The van der Waals surface area contributed by atoms with Crippen LogP contribution in [0.1, 0.15) is 27.2 Å². The molecule has 0 aromatic carbocycles. The molecule has 2 nitrogen and oxygen atoms in total. The highest BCUT2D eigenvalue weighted by atomic mass is 16.3. The zero-order chi connectivity index (χ0) is 9.30. The molecular formula is C10H22NO+. The summed E-state index contributed by atoms with van der Waals surface area (Å²) in [7, 11) is 2.20. The Kier molecular flexibility index (Phi) is 3.13. The molecule has 0 saturated carbocycles. The summed E-state index contributed by atoms with van der Waals surface area (Å²) in [6.07, 6.45) is 0.897. The molecule has 4 atom stereocenters. The van der Waals surface area contributed by atoms with Crippen molar-refractivity contribution in [2.75, 3.05) is 13.6 Å². The van der Waals surface area contributed by atoms with Crippen molar-refractivity contribution in [1.29, 1.82) is 0 Å². The van der Waals surface area contributed by atoms with Crippen molar-refractivity contribution in [3.05, 3.63) is 0 Å². The van der Waals surface area contributed by atoms with Gasteiger partial charge in [-0.05, 0) is 6.42 Å². The predicted molar refractivity (Wildman–Crippen MR) is 50.2 cm³/mol. The number of aliphatic hydroxyl groups excluding tert-OH is 1. The van der Waals surface area contributed by atoms with Crippen LogP contribution in [0.4, 0.5) is 0 Å². The molecule has 0 radical (unpaired) electrons. The molecule has 72 valence electrons. The smallest absolute Gasteiger partial charge is 0.116 e. The van der Waals surface area contributed by atoms with Gasteiger partial charge in [0.25, 0.3) is 0 Å². The Morgan fingerprint density at radius 1 is 1.42 bits per heavy atom. The number of likely N-dealkylation sites (N-methyl/N-ethyl adjacent to an activating group) is 1. The second-order valence-electron chi connectivity index (χ2n) is 4.73. The number of piperidine rings is 1. The lowest BCUT2D eigenvalue weighted by molar-refractivity contribution is -0.922. The number of rotatable bonds is 1. The monoisotopic (exact) mass is 172 g/mol. The van der Waals surface area contributed by atoms with E-state index in [0.29, 0.717) is 17.9 Å². The number of likely N-dealkylation sites (tertiary alicyclic amines) is 1. The topological polar surface area (TPSA) is 24.7 Å². The lowest BCUT2D eigenvalue weighted by Crippen LogP contribution is -3.17. The molecule has 12 heavy (non-hydrogen) atoms. The highest BCUT2D eigenvalue weighted by molar-refractivity contribution is 4.76. The van der Waals surface area contributed by atoms with Gasteiger partial charge in [0.05, 0.1) is 13.6 Å². The standard InChI is InChI=1S/C10H21NO/c1-7(2)10-9(12)5-8(3)6-11(10)4/h7-10,12H,5-6H2,1-4H3/p+1/t8-,9-,10-/m0/s1. The maximum absolute atomic E-state index is 9.86. The van der Waals surface area contributed by atoms with Crippen LogP contribution >= 0.6 is 0 Å². The van der Waals surface area contributed by atoms with Gasteiger partial charge in [-0.2, -0.15) is 0 Å². The van der Waals surface area contributed by atoms with E-state index in [2.05, 4.69) is 27.8 Å². The predicted octanol–water partition coefficient (Wildman–Crippen LogP) is -0.0736. The minimum atomic E-state index is -0.0891. The molecule has 0 bridgehead atoms. The Morgan fingerprint density at radius 2 is 2.00 bits per heavy atom. The number of nitrogens with one attached hydrogen (secondary N) is 1. The molecular weight excluding hydrogens is 150 g/mol. The van der Waals surface area contributed by atoms with Crippen molar-refractivity contribution in [2.24, 2.45) is 11.8 Å². The molecule has 0 amide bonds. The van der Waals surface area contributed by atoms with Crippen LogP contribution in [0, 0.1) is 11.8 Å². The number of hydrogen-bond acceptors (Lipinski definition) is 1. The zero-order valence-corrected chi connectivity index (χ0v) is 8.67. The van der Waals surface area contributed by atoms with Crippen LogP contribution in [0.2, 0.25) is 0 Å². The molecule has 1 aliphatic heterocycles. The van der Waals surface area contributed by atoms with Crippen LogP contribution in [0.5, 0.6) is 0 Å². The van der Waals surface area contributed by atoms with Gasteiger partial charge in [0.2, 0.25) is 0 Å². The Balaban J connectivity index is 2.60. The Morgan fingerprint density at radius 3 is 2.42 bits per heavy atom. The van der Waals surface area contributed by atoms with E-state index in [-0.39, 0.29) is 6.10 Å². The van der Waals surface area contributed by atoms with Gasteiger partial charge < -0.3 is 10.0 Å². The van der Waals surface area contributed by atoms with E-state index in [1.54, 1.807) is 0 Å². The van der Waals surface area contributed by atoms with E-state index in [1.165, 1.54) is 11.4 Å². The van der Waals surface area contributed by atoms with Gasteiger partial charge in [-0.25, -0.2) is 0 Å². The molecule has 0 aromatic rings. The number of quaternary nitrogens is 1. The molecule has 1 heterocycles. The second kappa shape index (κ2) is 3.75. The van der Waals surface area contributed by atoms with Gasteiger partial charge in [0.15, 0.2) is 0 Å². The summed E-state index contributed by atoms with van der Waals surface area (Å²) in [5.41, 5.74) is 0. The highest BCUT2D eigenvalue weighted by Gasteiger charge is 2.36. The van der Waals surface area contributed by atoms with Gasteiger partial charge >= 0.3 is 0 Å². The van der Waals surface area contributed by atoms with Crippen LogP contribution in [0.25, 0.3) is 0 Å². The van der Waals surface area contributed by atoms with E-state index in [9.17, 15) is 5.11 Å². The average Bonchev–Trinajstić information content (AvgIpc) is 1.82. The van der Waals surface area contributed by atoms with Crippen LogP contribution < -0.4 is 4.90 Å². The summed E-state index contributed by atoms with van der Waals surface area (Å²) in [6.45, 7) is 7.84. The van der Waals surface area contributed by atoms with Crippen molar-refractivity contribution in [1.82, 2.24) is 0 Å². The molecule has 2 N–H and O–H groups in total. The van der Waals surface area contributed by atoms with Crippen LogP contribution in [-0.2, 0) is 0 Å². The molecule has 1 rings (SSSR count). The normalized spacial score (nSPS) is 43.5. The van der Waals surface area contributed by atoms with E-state index in [1.807, 2.05) is 0 Å². The first-order valence-electron chi connectivity index (χ1n) is 5.02. The fourth-order valence-corrected chi connectivity index (χ4v) is 2.67. The summed E-state index contributed by atoms with van der Waals surface area (Å²) < 4.78 is 0. The summed E-state index contributed by atoms with van der Waals surface area (Å²) >= 11 is 0. The van der Waals surface area contributed by atoms with Crippen molar-refractivity contribution in [3.8, 4) is 0 Å². The van der Waals surface area contributed by atoms with Crippen LogP contribution in [0.3, 0.4) is 0 Å². The number of hydrogen-bond donors (Lipinski definition) is 2. The highest BCUT2D eigenvalue weighted by Crippen LogP contribution is 2.15. The summed E-state index contributed by atoms with van der Waals surface area (Å²) in [4.78, 5) is 1.50. The SMILES string of the molecule is CC(C)[C@H]1[C@@H](O)C[C@H](C)C[NH+]1C. The molecule has 0 spiro atoms. The van der Waals surface area contributed by atoms with Gasteiger partial charge in [-0.3, -0.25) is 0 Å². The molecule has 2 heteroatoms. The summed E-state index contributed by atoms with van der Waals surface area (Å²) in [5.74, 6) is 1.27. The molecule has 0 aromatic heterocycles. The quantitative estimate of drug-likeness (QED) is 0.568. The van der Waals surface area contributed by atoms with E-state index >= 15 is 0 Å². The fourth-order valence-electron chi connectivity index (χ4n) is 2.67. The second-order valence-corrected chi connectivity index (χ2v) is 4.73. The molecule has 1 unspecified atom stereocenters. The molecule has 1 fully saturated rings. The van der Waals surface area contributed by atoms with E-state index in [0.717, 1.165) is 6.42 Å². The largest absolute Gasteiger partial charge is 0.387 e. The van der Waals surface area contributed by atoms with Gasteiger partial charge in [0.1, 0.15) is 12.1 Å². The third-order valence-electron chi connectivity index (χ3n) is 3.02. The van der Waals surface area contributed by atoms with Gasteiger partial charge in [0, 0.05) is 11.8 Å². The minimum absolute atomic E-state index is 0.0891. The maximum Gasteiger partial charge on any atom is 0.116 e. The first-order chi connectivity index (χ1) is 5.52. The van der Waals surface area contributed by atoms with Crippen molar-refractivity contribution < 1.29 is 10.0 Å². The van der Waals surface area contributed by atoms with Crippen molar-refractivity contribution in [3.63, 3.8) is 0 Å². The minimum Gasteiger partial charge on any atom is -0.387 e. The van der Waals surface area contributed by atoms with Gasteiger partial charge in [-0.1, -0.05) is 20.8 Å². The van der Waals surface area contributed by atoms with Crippen molar-refractivity contribution >= 4 is 0 Å². The molecule has 1 saturated heterocycles. The zero-order valence-electron chi connectivity index (χ0n) is 8.67. The first kappa shape index (κ1) is 10.0. The average molecular weight is 172 g/mol. The van der Waals surface area contributed by atoms with E-state index < -0.39 is 0 Å². The Bertz CT molecular complexity index is 135. The Hall–Kier alpha value is -0.0800. The summed E-state index contributed by atoms with van der Waals surface area (Å²) in [6, 6.07) is 0.446. The third-order valence-corrected chi connectivity index (χ3v) is 3.02.